The molecule has 1 aliphatic rings. The lowest BCUT2D eigenvalue weighted by atomic mass is 10.00. The standard InChI is InChI=1S/C13H25N3S/c14-13(17)16-15-12-10-8-6-4-2-1-3-5-7-9-11-12/h1-11H2,(H3,14,16,17). The van der Waals surface area contributed by atoms with E-state index in [1.807, 2.05) is 0 Å². The molecule has 98 valence electrons. The third-order valence-electron chi connectivity index (χ3n) is 3.25. The van der Waals surface area contributed by atoms with Gasteiger partial charge in [-0.3, -0.25) is 5.43 Å². The van der Waals surface area contributed by atoms with Gasteiger partial charge in [0, 0.05) is 5.71 Å². The van der Waals surface area contributed by atoms with Gasteiger partial charge in [0.1, 0.15) is 0 Å². The smallest absolute Gasteiger partial charge is 0.184 e. The lowest BCUT2D eigenvalue weighted by Crippen LogP contribution is -2.25. The molecule has 1 saturated carbocycles. The van der Waals surface area contributed by atoms with Crippen LogP contribution in [0.5, 0.6) is 0 Å². The Kier molecular flexibility index (Phi) is 7.97. The minimum Gasteiger partial charge on any atom is -0.375 e. The highest BCUT2D eigenvalue weighted by Gasteiger charge is 2.03. The molecule has 4 heteroatoms. The van der Waals surface area contributed by atoms with Crippen LogP contribution in [-0.2, 0) is 0 Å². The van der Waals surface area contributed by atoms with E-state index in [1.165, 1.54) is 63.5 Å². The first-order chi connectivity index (χ1) is 8.29. The van der Waals surface area contributed by atoms with E-state index in [0.717, 1.165) is 12.8 Å². The van der Waals surface area contributed by atoms with Crippen molar-refractivity contribution in [1.29, 1.82) is 0 Å². The first kappa shape index (κ1) is 14.4. The molecule has 17 heavy (non-hydrogen) atoms. The van der Waals surface area contributed by atoms with Gasteiger partial charge in [0.25, 0.3) is 0 Å². The Morgan fingerprint density at radius 2 is 1.29 bits per heavy atom. The topological polar surface area (TPSA) is 50.4 Å². The number of nitrogens with two attached hydrogens (primary N) is 1. The predicted octanol–water partition coefficient (Wildman–Crippen LogP) is 3.48. The van der Waals surface area contributed by atoms with Crippen molar-refractivity contribution < 1.29 is 0 Å². The van der Waals surface area contributed by atoms with E-state index in [9.17, 15) is 0 Å². The van der Waals surface area contributed by atoms with E-state index in [0.29, 0.717) is 0 Å². The summed E-state index contributed by atoms with van der Waals surface area (Å²) in [5, 5.41) is 4.58. The molecule has 1 aliphatic carbocycles. The van der Waals surface area contributed by atoms with Gasteiger partial charge in [0.2, 0.25) is 0 Å². The quantitative estimate of drug-likeness (QED) is 0.557. The Balaban J connectivity index is 2.36. The third-order valence-corrected chi connectivity index (χ3v) is 3.35. The fraction of sp³-hybridized carbons (Fsp3) is 0.846. The molecule has 0 aromatic rings. The van der Waals surface area contributed by atoms with E-state index >= 15 is 0 Å². The Labute approximate surface area is 110 Å². The fourth-order valence-corrected chi connectivity index (χ4v) is 2.31. The van der Waals surface area contributed by atoms with Crippen molar-refractivity contribution in [3.63, 3.8) is 0 Å². The van der Waals surface area contributed by atoms with E-state index in [2.05, 4.69) is 10.5 Å². The molecule has 1 fully saturated rings. The van der Waals surface area contributed by atoms with Crippen molar-refractivity contribution >= 4 is 23.0 Å². The van der Waals surface area contributed by atoms with Crippen LogP contribution >= 0.6 is 12.2 Å². The summed E-state index contributed by atoms with van der Waals surface area (Å²) in [6.45, 7) is 0. The average Bonchev–Trinajstić information content (AvgIpc) is 2.28. The number of rotatable bonds is 1. The van der Waals surface area contributed by atoms with Crippen LogP contribution in [0.15, 0.2) is 5.10 Å². The molecule has 0 spiro atoms. The molecule has 0 amide bonds. The largest absolute Gasteiger partial charge is 0.375 e. The Morgan fingerprint density at radius 1 is 0.882 bits per heavy atom. The van der Waals surface area contributed by atoms with Crippen molar-refractivity contribution in [3.8, 4) is 0 Å². The van der Waals surface area contributed by atoms with Gasteiger partial charge < -0.3 is 5.73 Å². The van der Waals surface area contributed by atoms with Gasteiger partial charge in [0.05, 0.1) is 0 Å². The van der Waals surface area contributed by atoms with Crippen LogP contribution in [0.1, 0.15) is 70.6 Å². The van der Waals surface area contributed by atoms with Crippen molar-refractivity contribution in [1.82, 2.24) is 5.43 Å². The molecule has 0 aromatic heterocycles. The van der Waals surface area contributed by atoms with Gasteiger partial charge in [-0.25, -0.2) is 0 Å². The monoisotopic (exact) mass is 255 g/mol. The highest BCUT2D eigenvalue weighted by Crippen LogP contribution is 2.15. The second kappa shape index (κ2) is 9.40. The fourth-order valence-electron chi connectivity index (χ4n) is 2.27. The van der Waals surface area contributed by atoms with Crippen LogP contribution in [0.25, 0.3) is 0 Å². The minimum absolute atomic E-state index is 0.267. The van der Waals surface area contributed by atoms with Crippen LogP contribution in [0.4, 0.5) is 0 Å². The molecule has 0 saturated heterocycles. The summed E-state index contributed by atoms with van der Waals surface area (Å²) in [6, 6.07) is 0. The summed E-state index contributed by atoms with van der Waals surface area (Å²) < 4.78 is 0. The lowest BCUT2D eigenvalue weighted by Gasteiger charge is -2.09. The van der Waals surface area contributed by atoms with Crippen LogP contribution in [0.3, 0.4) is 0 Å². The molecule has 0 aliphatic heterocycles. The SMILES string of the molecule is NC(=S)NN=C1CCCCCCCCCCC1. The molecule has 1 rings (SSSR count). The predicted molar refractivity (Wildman–Crippen MR) is 78.1 cm³/mol. The maximum atomic E-state index is 5.39. The van der Waals surface area contributed by atoms with Gasteiger partial charge in [-0.05, 0) is 37.9 Å². The van der Waals surface area contributed by atoms with Crippen LogP contribution < -0.4 is 11.2 Å². The molecule has 0 atom stereocenters. The number of hydrogen-bond acceptors (Lipinski definition) is 2. The summed E-state index contributed by atoms with van der Waals surface area (Å²) in [5.41, 5.74) is 9.35. The van der Waals surface area contributed by atoms with Crippen molar-refractivity contribution in [3.05, 3.63) is 0 Å². The molecular formula is C13H25N3S. The number of thiocarbonyl (C=S) groups is 1. The first-order valence-electron chi connectivity index (χ1n) is 6.90. The van der Waals surface area contributed by atoms with Gasteiger partial charge in [-0.15, -0.1) is 0 Å². The van der Waals surface area contributed by atoms with E-state index < -0.39 is 0 Å². The van der Waals surface area contributed by atoms with E-state index in [-0.39, 0.29) is 5.11 Å². The minimum atomic E-state index is 0.267. The zero-order valence-corrected chi connectivity index (χ0v) is 11.5. The Bertz CT molecular complexity index is 237. The molecule has 0 radical (unpaired) electrons. The summed E-state index contributed by atoms with van der Waals surface area (Å²) >= 11 is 4.77. The molecule has 0 bridgehead atoms. The average molecular weight is 255 g/mol. The van der Waals surface area contributed by atoms with Crippen molar-refractivity contribution in [2.24, 2.45) is 10.8 Å². The van der Waals surface area contributed by atoms with E-state index in [1.54, 1.807) is 0 Å². The van der Waals surface area contributed by atoms with Gasteiger partial charge in [0.15, 0.2) is 5.11 Å². The summed E-state index contributed by atoms with van der Waals surface area (Å²) in [5.74, 6) is 0. The van der Waals surface area contributed by atoms with Crippen molar-refractivity contribution in [2.45, 2.75) is 70.6 Å². The van der Waals surface area contributed by atoms with Crippen LogP contribution in [0.2, 0.25) is 0 Å². The first-order valence-corrected chi connectivity index (χ1v) is 7.31. The maximum Gasteiger partial charge on any atom is 0.184 e. The summed E-state index contributed by atoms with van der Waals surface area (Å²) in [4.78, 5) is 0. The lowest BCUT2D eigenvalue weighted by molar-refractivity contribution is 0.555. The zero-order valence-electron chi connectivity index (χ0n) is 10.7. The molecular weight excluding hydrogens is 230 g/mol. The highest BCUT2D eigenvalue weighted by atomic mass is 32.1. The van der Waals surface area contributed by atoms with Gasteiger partial charge in [-0.1, -0.05) is 44.9 Å². The molecule has 0 aromatic carbocycles. The number of hydrogen-bond donors (Lipinski definition) is 2. The van der Waals surface area contributed by atoms with Crippen LogP contribution in [0, 0.1) is 0 Å². The summed E-state index contributed by atoms with van der Waals surface area (Å²) in [6.07, 6.45) is 14.3. The zero-order chi connectivity index (χ0) is 12.3. The maximum absolute atomic E-state index is 5.39. The molecule has 3 N–H and O–H groups in total. The van der Waals surface area contributed by atoms with E-state index in [4.69, 9.17) is 18.0 Å². The Hall–Kier alpha value is -0.640. The third kappa shape index (κ3) is 8.13. The molecule has 0 unspecified atom stereocenters. The van der Waals surface area contributed by atoms with Crippen LogP contribution in [-0.4, -0.2) is 10.8 Å². The molecule has 3 nitrogen and oxygen atoms in total. The second-order valence-corrected chi connectivity index (χ2v) is 5.28. The number of nitrogens with zero attached hydrogens (tertiary/aromatic N) is 1. The van der Waals surface area contributed by atoms with Gasteiger partial charge >= 0.3 is 0 Å². The molecule has 0 heterocycles. The highest BCUT2D eigenvalue weighted by molar-refractivity contribution is 7.80. The summed E-state index contributed by atoms with van der Waals surface area (Å²) in [7, 11) is 0. The number of nitrogens with one attached hydrogen (secondary N) is 1. The number of hydrazone groups is 1. The van der Waals surface area contributed by atoms with Gasteiger partial charge in [-0.2, -0.15) is 5.10 Å². The van der Waals surface area contributed by atoms with Crippen molar-refractivity contribution in [2.75, 3.05) is 0 Å². The Morgan fingerprint density at radius 3 is 1.71 bits per heavy atom. The normalized spacial score (nSPS) is 19.9. The second-order valence-electron chi connectivity index (χ2n) is 4.84.